The van der Waals surface area contributed by atoms with Crippen molar-refractivity contribution in [1.82, 2.24) is 10.6 Å². The molecule has 2 rings (SSSR count). The number of carbonyl (C=O) groups excluding carboxylic acids is 2. The lowest BCUT2D eigenvalue weighted by Gasteiger charge is -2.10. The lowest BCUT2D eigenvalue weighted by atomic mass is 10.1. The van der Waals surface area contributed by atoms with Gasteiger partial charge in [0.05, 0.1) is 13.2 Å². The van der Waals surface area contributed by atoms with Crippen molar-refractivity contribution in [2.75, 3.05) is 13.7 Å². The molecular weight excluding hydrogens is 328 g/mol. The van der Waals surface area contributed by atoms with Crippen molar-refractivity contribution < 1.29 is 19.4 Å². The molecule has 0 aliphatic heterocycles. The molecule has 0 fully saturated rings. The van der Waals surface area contributed by atoms with Crippen molar-refractivity contribution in [3.05, 3.63) is 52.2 Å². The second kappa shape index (κ2) is 9.05. The van der Waals surface area contributed by atoms with E-state index in [-0.39, 0.29) is 13.1 Å². The van der Waals surface area contributed by atoms with Crippen LogP contribution in [0.15, 0.2) is 41.1 Å². The highest BCUT2D eigenvalue weighted by Gasteiger charge is 2.14. The summed E-state index contributed by atoms with van der Waals surface area (Å²) in [4.78, 5) is 23.4. The van der Waals surface area contributed by atoms with Crippen LogP contribution >= 0.6 is 11.3 Å². The number of rotatable bonds is 7. The molecule has 1 aromatic heterocycles. The van der Waals surface area contributed by atoms with E-state index < -0.39 is 17.9 Å². The predicted molar refractivity (Wildman–Crippen MR) is 91.7 cm³/mol. The summed E-state index contributed by atoms with van der Waals surface area (Å²) in [6, 6.07) is 9.03. The Labute approximate surface area is 144 Å². The highest BCUT2D eigenvalue weighted by atomic mass is 32.1. The largest absolute Gasteiger partial charge is 0.497 e. The minimum absolute atomic E-state index is 0.228. The minimum Gasteiger partial charge on any atom is -0.497 e. The zero-order chi connectivity index (χ0) is 17.4. The van der Waals surface area contributed by atoms with E-state index in [4.69, 9.17) is 4.74 Å². The first-order chi connectivity index (χ1) is 11.6. The summed E-state index contributed by atoms with van der Waals surface area (Å²) in [5.74, 6) is -0.677. The fraction of sp³-hybridized carbons (Fsp3) is 0.294. The van der Waals surface area contributed by atoms with Crippen LogP contribution < -0.4 is 15.4 Å². The van der Waals surface area contributed by atoms with Gasteiger partial charge in [0.25, 0.3) is 0 Å². The molecular formula is C17H20N2O4S. The van der Waals surface area contributed by atoms with Gasteiger partial charge in [0.15, 0.2) is 0 Å². The van der Waals surface area contributed by atoms with Gasteiger partial charge in [0, 0.05) is 13.1 Å². The zero-order valence-electron chi connectivity index (χ0n) is 13.3. The fourth-order valence-corrected chi connectivity index (χ4v) is 2.75. The number of hydrogen-bond donors (Lipinski definition) is 3. The Morgan fingerprint density at radius 1 is 1.17 bits per heavy atom. The standard InChI is InChI=1S/C17H20N2O4S/c1-23-14-4-2-12(3-5-14)10-19-17(22)16(21)18-8-6-15(20)13-7-9-24-11-13/h2-5,7,9,11,15,20H,6,8,10H2,1H3,(H,18,21)(H,19,22). The van der Waals surface area contributed by atoms with E-state index in [1.54, 1.807) is 19.2 Å². The van der Waals surface area contributed by atoms with Gasteiger partial charge in [-0.15, -0.1) is 0 Å². The van der Waals surface area contributed by atoms with E-state index in [0.29, 0.717) is 6.42 Å². The first kappa shape index (κ1) is 18.0. The maximum absolute atomic E-state index is 11.7. The number of hydrogen-bond acceptors (Lipinski definition) is 5. The first-order valence-corrected chi connectivity index (χ1v) is 8.43. The Hall–Kier alpha value is -2.38. The SMILES string of the molecule is COc1ccc(CNC(=O)C(=O)NCCC(O)c2ccsc2)cc1. The molecule has 2 amide bonds. The van der Waals surface area contributed by atoms with E-state index in [9.17, 15) is 14.7 Å². The van der Waals surface area contributed by atoms with E-state index >= 15 is 0 Å². The summed E-state index contributed by atoms with van der Waals surface area (Å²) >= 11 is 1.50. The third kappa shape index (κ3) is 5.36. The second-order valence-corrected chi connectivity index (χ2v) is 5.93. The molecule has 0 radical (unpaired) electrons. The van der Waals surface area contributed by atoms with Crippen molar-refractivity contribution >= 4 is 23.2 Å². The van der Waals surface area contributed by atoms with Gasteiger partial charge >= 0.3 is 11.8 Å². The van der Waals surface area contributed by atoms with E-state index in [2.05, 4.69) is 10.6 Å². The second-order valence-electron chi connectivity index (χ2n) is 5.15. The van der Waals surface area contributed by atoms with Crippen LogP contribution in [0.5, 0.6) is 5.75 Å². The van der Waals surface area contributed by atoms with Crippen molar-refractivity contribution in [2.24, 2.45) is 0 Å². The lowest BCUT2D eigenvalue weighted by Crippen LogP contribution is -2.40. The lowest BCUT2D eigenvalue weighted by molar-refractivity contribution is -0.139. The summed E-state index contributed by atoms with van der Waals surface area (Å²) < 4.78 is 5.05. The molecule has 3 N–H and O–H groups in total. The number of methoxy groups -OCH3 is 1. The zero-order valence-corrected chi connectivity index (χ0v) is 14.1. The van der Waals surface area contributed by atoms with Gasteiger partial charge in [-0.25, -0.2) is 0 Å². The van der Waals surface area contributed by atoms with Crippen molar-refractivity contribution in [1.29, 1.82) is 0 Å². The Morgan fingerprint density at radius 2 is 1.88 bits per heavy atom. The number of ether oxygens (including phenoxy) is 1. The van der Waals surface area contributed by atoms with Crippen LogP contribution in [0.4, 0.5) is 0 Å². The summed E-state index contributed by atoms with van der Waals surface area (Å²) in [5.41, 5.74) is 1.68. The summed E-state index contributed by atoms with van der Waals surface area (Å²) in [6.45, 7) is 0.486. The predicted octanol–water partition coefficient (Wildman–Crippen LogP) is 1.61. The molecule has 0 bridgehead atoms. The van der Waals surface area contributed by atoms with Crippen LogP contribution in [-0.2, 0) is 16.1 Å². The van der Waals surface area contributed by atoms with Crippen molar-refractivity contribution in [3.8, 4) is 5.75 Å². The molecule has 1 atom stereocenters. The minimum atomic E-state index is -0.707. The average molecular weight is 348 g/mol. The van der Waals surface area contributed by atoms with Gasteiger partial charge < -0.3 is 20.5 Å². The van der Waals surface area contributed by atoms with Gasteiger partial charge in [-0.2, -0.15) is 11.3 Å². The Bertz CT molecular complexity index is 656. The number of aliphatic hydroxyl groups is 1. The van der Waals surface area contributed by atoms with E-state index in [1.807, 2.05) is 29.0 Å². The molecule has 2 aromatic rings. The van der Waals surface area contributed by atoms with E-state index in [0.717, 1.165) is 16.9 Å². The van der Waals surface area contributed by atoms with Crippen LogP contribution in [-0.4, -0.2) is 30.6 Å². The first-order valence-electron chi connectivity index (χ1n) is 7.49. The molecule has 0 aliphatic rings. The van der Waals surface area contributed by atoms with Crippen LogP contribution in [0.3, 0.4) is 0 Å². The highest BCUT2D eigenvalue weighted by Crippen LogP contribution is 2.18. The van der Waals surface area contributed by atoms with Gasteiger partial charge in [-0.1, -0.05) is 12.1 Å². The van der Waals surface area contributed by atoms with Gasteiger partial charge in [-0.3, -0.25) is 9.59 Å². The third-order valence-electron chi connectivity index (χ3n) is 3.45. The van der Waals surface area contributed by atoms with Gasteiger partial charge in [0.1, 0.15) is 5.75 Å². The molecule has 6 nitrogen and oxygen atoms in total. The van der Waals surface area contributed by atoms with E-state index in [1.165, 1.54) is 11.3 Å². The molecule has 0 saturated heterocycles. The normalized spacial score (nSPS) is 11.6. The summed E-state index contributed by atoms with van der Waals surface area (Å²) in [6.07, 6.45) is -0.285. The van der Waals surface area contributed by atoms with Gasteiger partial charge in [0.2, 0.25) is 0 Å². The van der Waals surface area contributed by atoms with Crippen molar-refractivity contribution in [3.63, 3.8) is 0 Å². The molecule has 1 unspecified atom stereocenters. The maximum atomic E-state index is 11.7. The molecule has 0 aliphatic carbocycles. The number of amides is 2. The quantitative estimate of drug-likeness (QED) is 0.664. The Morgan fingerprint density at radius 3 is 2.50 bits per heavy atom. The summed E-state index contributed by atoms with van der Waals surface area (Å²) in [5, 5.41) is 18.7. The number of benzene rings is 1. The van der Waals surface area contributed by atoms with Crippen LogP contribution in [0, 0.1) is 0 Å². The topological polar surface area (TPSA) is 87.7 Å². The monoisotopic (exact) mass is 348 g/mol. The molecule has 1 aromatic carbocycles. The van der Waals surface area contributed by atoms with Crippen LogP contribution in [0.25, 0.3) is 0 Å². The molecule has 24 heavy (non-hydrogen) atoms. The number of thiophene rings is 1. The smallest absolute Gasteiger partial charge is 0.309 e. The van der Waals surface area contributed by atoms with Crippen LogP contribution in [0.1, 0.15) is 23.7 Å². The summed E-state index contributed by atoms with van der Waals surface area (Å²) in [7, 11) is 1.58. The molecule has 7 heteroatoms. The Kier molecular flexibility index (Phi) is 6.77. The molecule has 1 heterocycles. The Balaban J connectivity index is 1.68. The third-order valence-corrected chi connectivity index (χ3v) is 4.15. The highest BCUT2D eigenvalue weighted by molar-refractivity contribution is 7.07. The molecule has 128 valence electrons. The molecule has 0 spiro atoms. The van der Waals surface area contributed by atoms with Crippen LogP contribution in [0.2, 0.25) is 0 Å². The van der Waals surface area contributed by atoms with Gasteiger partial charge in [-0.05, 0) is 46.5 Å². The average Bonchev–Trinajstić information content (AvgIpc) is 3.14. The molecule has 0 saturated carbocycles. The number of carbonyl (C=O) groups is 2. The number of nitrogens with one attached hydrogen (secondary N) is 2. The van der Waals surface area contributed by atoms with Crippen molar-refractivity contribution in [2.45, 2.75) is 19.1 Å². The maximum Gasteiger partial charge on any atom is 0.309 e. The fourth-order valence-electron chi connectivity index (χ4n) is 2.04. The number of aliphatic hydroxyl groups excluding tert-OH is 1.